The summed E-state index contributed by atoms with van der Waals surface area (Å²) in [7, 11) is -3.85. The van der Waals surface area contributed by atoms with Crippen LogP contribution in [0, 0.1) is 5.82 Å². The first kappa shape index (κ1) is 18.4. The average molecular weight is 411 g/mol. The zero-order valence-electron chi connectivity index (χ0n) is 13.1. The minimum Gasteiger partial charge on any atom is -0.279 e. The van der Waals surface area contributed by atoms with Gasteiger partial charge in [-0.15, -0.1) is 0 Å². The Morgan fingerprint density at radius 3 is 2.65 bits per heavy atom. The van der Waals surface area contributed by atoms with Crippen molar-refractivity contribution in [2.75, 3.05) is 4.72 Å². The molecule has 0 aliphatic heterocycles. The molecule has 2 N–H and O–H groups in total. The molecule has 0 saturated heterocycles. The largest absolute Gasteiger partial charge is 0.279 e. The van der Waals surface area contributed by atoms with Crippen LogP contribution >= 0.6 is 23.4 Å². The number of sulfonamides is 1. The molecule has 26 heavy (non-hydrogen) atoms. The van der Waals surface area contributed by atoms with Gasteiger partial charge in [-0.3, -0.25) is 9.82 Å². The molecule has 0 bridgehead atoms. The maximum absolute atomic E-state index is 13.6. The Hall–Kier alpha value is -2.36. The van der Waals surface area contributed by atoms with Crippen LogP contribution in [0.5, 0.6) is 0 Å². The molecule has 0 unspecified atom stereocenters. The molecule has 0 radical (unpaired) electrons. The molecule has 3 rings (SSSR count). The van der Waals surface area contributed by atoms with Crippen LogP contribution in [0.1, 0.15) is 5.56 Å². The first-order valence-electron chi connectivity index (χ1n) is 7.20. The highest BCUT2D eigenvalue weighted by Crippen LogP contribution is 2.32. The van der Waals surface area contributed by atoms with Gasteiger partial charge in [0.1, 0.15) is 12.1 Å². The maximum Gasteiger partial charge on any atom is 0.255 e. The minimum absolute atomic E-state index is 0.104. The lowest BCUT2D eigenvalue weighted by Gasteiger charge is -2.09. The molecule has 0 amide bonds. The number of nitrogens with one attached hydrogen (secondary N) is 2. The van der Waals surface area contributed by atoms with E-state index >= 15 is 0 Å². The van der Waals surface area contributed by atoms with Crippen molar-refractivity contribution in [3.05, 3.63) is 70.6 Å². The second kappa shape index (κ2) is 7.90. The Morgan fingerprint density at radius 1 is 1.19 bits per heavy atom. The number of anilines is 1. The van der Waals surface area contributed by atoms with E-state index in [-0.39, 0.29) is 5.69 Å². The van der Waals surface area contributed by atoms with E-state index in [1.54, 1.807) is 24.3 Å². The summed E-state index contributed by atoms with van der Waals surface area (Å²) in [5.41, 5.74) is 0.766. The fourth-order valence-corrected chi connectivity index (χ4v) is 3.78. The summed E-state index contributed by atoms with van der Waals surface area (Å²) in [5, 5.41) is 8.38. The van der Waals surface area contributed by atoms with Crippen LogP contribution in [0.4, 0.5) is 10.1 Å². The summed E-state index contributed by atoms with van der Waals surface area (Å²) in [6.07, 6.45) is 2.74. The van der Waals surface area contributed by atoms with Crippen LogP contribution < -0.4 is 4.72 Å². The number of hydrogen-bond acceptors (Lipinski definition) is 5. The van der Waals surface area contributed by atoms with E-state index in [0.717, 1.165) is 23.2 Å². The standard InChI is InChI=1S/C16H12ClFN4O2S2/c17-12-3-1-11(2-4-12)7-8-26(23,24)22-14-9-13(18)5-6-15(14)25-16-19-10-20-21-16/h1-10,22H,(H,19,20,21)/b8-7+. The normalized spacial score (nSPS) is 11.8. The van der Waals surface area contributed by atoms with Gasteiger partial charge in [0, 0.05) is 9.92 Å². The van der Waals surface area contributed by atoms with Crippen molar-refractivity contribution in [1.29, 1.82) is 0 Å². The highest BCUT2D eigenvalue weighted by atomic mass is 35.5. The van der Waals surface area contributed by atoms with Gasteiger partial charge < -0.3 is 0 Å². The van der Waals surface area contributed by atoms with Crippen molar-refractivity contribution in [3.63, 3.8) is 0 Å². The van der Waals surface area contributed by atoms with Gasteiger partial charge >= 0.3 is 0 Å². The van der Waals surface area contributed by atoms with Crippen LogP contribution in [0.25, 0.3) is 6.08 Å². The van der Waals surface area contributed by atoms with Gasteiger partial charge in [0.2, 0.25) is 0 Å². The first-order valence-corrected chi connectivity index (χ1v) is 9.95. The smallest absolute Gasteiger partial charge is 0.255 e. The molecule has 0 aliphatic carbocycles. The molecular weight excluding hydrogens is 399 g/mol. The second-order valence-corrected chi connectivity index (χ2v) is 8.07. The number of nitrogens with zero attached hydrogens (tertiary/aromatic N) is 2. The fraction of sp³-hybridized carbons (Fsp3) is 0. The number of hydrogen-bond donors (Lipinski definition) is 2. The third kappa shape index (κ3) is 5.07. The Morgan fingerprint density at radius 2 is 1.96 bits per heavy atom. The molecule has 2 aromatic carbocycles. The van der Waals surface area contributed by atoms with E-state index in [1.807, 2.05) is 0 Å². The molecule has 134 valence electrons. The molecular formula is C16H12ClFN4O2S2. The summed E-state index contributed by atoms with van der Waals surface area (Å²) >= 11 is 6.92. The van der Waals surface area contributed by atoms with E-state index in [1.165, 1.54) is 24.5 Å². The average Bonchev–Trinajstić information content (AvgIpc) is 3.10. The highest BCUT2D eigenvalue weighted by Gasteiger charge is 2.13. The Kier molecular flexibility index (Phi) is 5.60. The Balaban J connectivity index is 1.82. The zero-order chi connectivity index (χ0) is 18.6. The zero-order valence-corrected chi connectivity index (χ0v) is 15.4. The van der Waals surface area contributed by atoms with Gasteiger partial charge in [-0.05, 0) is 53.7 Å². The lowest BCUT2D eigenvalue weighted by Crippen LogP contribution is -2.10. The Bertz CT molecular complexity index is 1020. The minimum atomic E-state index is -3.85. The van der Waals surface area contributed by atoms with E-state index in [9.17, 15) is 12.8 Å². The van der Waals surface area contributed by atoms with Crippen molar-refractivity contribution >= 4 is 45.1 Å². The topological polar surface area (TPSA) is 87.7 Å². The van der Waals surface area contributed by atoms with Gasteiger partial charge in [0.25, 0.3) is 10.0 Å². The summed E-state index contributed by atoms with van der Waals surface area (Å²) in [6, 6.07) is 10.5. The summed E-state index contributed by atoms with van der Waals surface area (Å²) in [4.78, 5) is 4.43. The van der Waals surface area contributed by atoms with Gasteiger partial charge in [0.15, 0.2) is 5.16 Å². The lowest BCUT2D eigenvalue weighted by atomic mass is 10.2. The Labute approximate surface area is 158 Å². The molecule has 6 nitrogen and oxygen atoms in total. The van der Waals surface area contributed by atoms with Gasteiger partial charge in [-0.25, -0.2) is 17.8 Å². The van der Waals surface area contributed by atoms with Crippen LogP contribution in [0.3, 0.4) is 0 Å². The predicted molar refractivity (Wildman–Crippen MR) is 99.9 cm³/mol. The number of aromatic nitrogens is 3. The quantitative estimate of drug-likeness (QED) is 0.637. The van der Waals surface area contributed by atoms with Crippen LogP contribution in [0.2, 0.25) is 5.02 Å². The number of rotatable bonds is 6. The van der Waals surface area contributed by atoms with Crippen LogP contribution in [0.15, 0.2) is 64.3 Å². The maximum atomic E-state index is 13.6. The third-order valence-corrected chi connectivity index (χ3v) is 5.32. The summed E-state index contributed by atoms with van der Waals surface area (Å²) in [6.45, 7) is 0. The number of H-pyrrole nitrogens is 1. The van der Waals surface area contributed by atoms with Gasteiger partial charge in [-0.2, -0.15) is 5.10 Å². The van der Waals surface area contributed by atoms with Crippen LogP contribution in [-0.4, -0.2) is 23.6 Å². The van der Waals surface area contributed by atoms with Crippen molar-refractivity contribution in [3.8, 4) is 0 Å². The lowest BCUT2D eigenvalue weighted by molar-refractivity contribution is 0.609. The molecule has 3 aromatic rings. The number of aromatic amines is 1. The molecule has 0 fully saturated rings. The molecule has 0 atom stereocenters. The van der Waals surface area contributed by atoms with Crippen molar-refractivity contribution in [2.45, 2.75) is 10.1 Å². The van der Waals surface area contributed by atoms with Crippen molar-refractivity contribution < 1.29 is 12.8 Å². The number of benzene rings is 2. The van der Waals surface area contributed by atoms with Crippen molar-refractivity contribution in [2.24, 2.45) is 0 Å². The molecule has 0 spiro atoms. The SMILES string of the molecule is O=S(=O)(/C=C/c1ccc(Cl)cc1)Nc1cc(F)ccc1Sc1ncn[nH]1. The van der Waals surface area contributed by atoms with E-state index < -0.39 is 15.8 Å². The van der Waals surface area contributed by atoms with E-state index in [0.29, 0.717) is 20.6 Å². The van der Waals surface area contributed by atoms with E-state index in [4.69, 9.17) is 11.6 Å². The third-order valence-electron chi connectivity index (χ3n) is 3.10. The first-order chi connectivity index (χ1) is 12.4. The molecule has 0 saturated carbocycles. The summed E-state index contributed by atoms with van der Waals surface area (Å²) < 4.78 is 40.6. The fourth-order valence-electron chi connectivity index (χ4n) is 1.95. The molecule has 10 heteroatoms. The van der Waals surface area contributed by atoms with Gasteiger partial charge in [0.05, 0.1) is 11.1 Å². The predicted octanol–water partition coefficient (Wildman–Crippen LogP) is 4.16. The highest BCUT2D eigenvalue weighted by molar-refractivity contribution is 7.99. The van der Waals surface area contributed by atoms with E-state index in [2.05, 4.69) is 19.9 Å². The number of halogens is 2. The van der Waals surface area contributed by atoms with Crippen LogP contribution in [-0.2, 0) is 10.0 Å². The molecule has 1 aromatic heterocycles. The van der Waals surface area contributed by atoms with Gasteiger partial charge in [-0.1, -0.05) is 23.7 Å². The van der Waals surface area contributed by atoms with Crippen molar-refractivity contribution in [1.82, 2.24) is 15.2 Å². The summed E-state index contributed by atoms with van der Waals surface area (Å²) in [5.74, 6) is -0.564. The monoisotopic (exact) mass is 410 g/mol. The second-order valence-electron chi connectivity index (χ2n) is 5.03. The molecule has 1 heterocycles. The molecule has 0 aliphatic rings.